The minimum Gasteiger partial charge on any atom is -0.507 e. The van der Waals surface area contributed by atoms with E-state index in [1.807, 2.05) is 0 Å². The zero-order valence-corrected chi connectivity index (χ0v) is 10.1. The molecule has 1 fully saturated rings. The molecule has 0 saturated heterocycles. The predicted molar refractivity (Wildman–Crippen MR) is 67.7 cm³/mol. The zero-order chi connectivity index (χ0) is 13.0. The Hall–Kier alpha value is -1.75. The fourth-order valence-electron chi connectivity index (χ4n) is 1.73. The Morgan fingerprint density at radius 3 is 2.50 bits per heavy atom. The van der Waals surface area contributed by atoms with Gasteiger partial charge >= 0.3 is 0 Å². The third-order valence-corrected chi connectivity index (χ3v) is 2.90. The maximum atomic E-state index is 11.7. The van der Waals surface area contributed by atoms with Crippen LogP contribution in [0.5, 0.6) is 11.5 Å². The van der Waals surface area contributed by atoms with Crippen molar-refractivity contribution in [2.75, 3.05) is 13.1 Å². The number of aromatic hydroxyl groups is 2. The third kappa shape index (κ3) is 3.37. The number of hydrogen-bond donors (Lipinski definition) is 4. The van der Waals surface area contributed by atoms with Gasteiger partial charge in [-0.25, -0.2) is 0 Å². The minimum atomic E-state index is -0.447. The number of benzene rings is 1. The summed E-state index contributed by atoms with van der Waals surface area (Å²) < 4.78 is 0. The molecule has 1 amide bonds. The van der Waals surface area contributed by atoms with Gasteiger partial charge in [0.1, 0.15) is 17.1 Å². The summed E-state index contributed by atoms with van der Waals surface area (Å²) in [6.45, 7) is 1.39. The molecule has 0 aromatic heterocycles. The highest BCUT2D eigenvalue weighted by Crippen LogP contribution is 2.25. The first-order valence-electron chi connectivity index (χ1n) is 6.21. The van der Waals surface area contributed by atoms with Gasteiger partial charge in [0.25, 0.3) is 5.91 Å². The van der Waals surface area contributed by atoms with Crippen molar-refractivity contribution in [3.8, 4) is 11.5 Å². The second-order valence-corrected chi connectivity index (χ2v) is 4.51. The molecule has 5 nitrogen and oxygen atoms in total. The number of hydrogen-bond acceptors (Lipinski definition) is 4. The molecule has 1 aliphatic rings. The molecule has 1 aliphatic carbocycles. The highest BCUT2D eigenvalue weighted by molar-refractivity contribution is 5.99. The first-order valence-corrected chi connectivity index (χ1v) is 6.21. The Labute approximate surface area is 106 Å². The highest BCUT2D eigenvalue weighted by atomic mass is 16.3. The summed E-state index contributed by atoms with van der Waals surface area (Å²) >= 11 is 0. The molecule has 0 bridgehead atoms. The van der Waals surface area contributed by atoms with Gasteiger partial charge in [0.05, 0.1) is 0 Å². The van der Waals surface area contributed by atoms with Crippen LogP contribution in [-0.4, -0.2) is 35.3 Å². The average molecular weight is 250 g/mol. The molecule has 0 radical (unpaired) electrons. The Morgan fingerprint density at radius 1 is 1.22 bits per heavy atom. The lowest BCUT2D eigenvalue weighted by Gasteiger charge is -2.08. The van der Waals surface area contributed by atoms with Gasteiger partial charge in [0.2, 0.25) is 0 Å². The van der Waals surface area contributed by atoms with E-state index in [1.165, 1.54) is 31.0 Å². The minimum absolute atomic E-state index is 0.0624. The van der Waals surface area contributed by atoms with Gasteiger partial charge in [-0.1, -0.05) is 6.07 Å². The molecule has 0 spiro atoms. The van der Waals surface area contributed by atoms with Crippen LogP contribution >= 0.6 is 0 Å². The molecular weight excluding hydrogens is 232 g/mol. The van der Waals surface area contributed by atoms with E-state index in [2.05, 4.69) is 10.6 Å². The van der Waals surface area contributed by atoms with Gasteiger partial charge in [-0.3, -0.25) is 4.79 Å². The molecule has 5 heteroatoms. The molecule has 0 aliphatic heterocycles. The van der Waals surface area contributed by atoms with Crippen molar-refractivity contribution in [2.45, 2.75) is 25.3 Å². The summed E-state index contributed by atoms with van der Waals surface area (Å²) in [4.78, 5) is 11.7. The molecule has 98 valence electrons. The predicted octanol–water partition coefficient (Wildman–Crippen LogP) is 0.970. The van der Waals surface area contributed by atoms with Crippen molar-refractivity contribution < 1.29 is 15.0 Å². The number of phenolic OH excluding ortho intramolecular Hbond substituents is 2. The van der Waals surface area contributed by atoms with Gasteiger partial charge in [-0.2, -0.15) is 0 Å². The van der Waals surface area contributed by atoms with Crippen molar-refractivity contribution in [3.05, 3.63) is 23.8 Å². The van der Waals surface area contributed by atoms with Gasteiger partial charge in [0.15, 0.2) is 0 Å². The van der Waals surface area contributed by atoms with Crippen molar-refractivity contribution >= 4 is 5.91 Å². The highest BCUT2D eigenvalue weighted by Gasteiger charge is 2.19. The standard InChI is InChI=1S/C13H18N2O3/c16-10-3-1-4-11(17)12(10)13(18)15-8-2-7-14-9-5-6-9/h1,3-4,9,14,16-17H,2,5-8H2,(H,15,18). The van der Waals surface area contributed by atoms with E-state index in [0.29, 0.717) is 12.6 Å². The quantitative estimate of drug-likeness (QED) is 0.567. The third-order valence-electron chi connectivity index (χ3n) is 2.90. The lowest BCUT2D eigenvalue weighted by molar-refractivity contribution is 0.0948. The van der Waals surface area contributed by atoms with Crippen LogP contribution in [0.25, 0.3) is 0 Å². The second kappa shape index (κ2) is 5.73. The van der Waals surface area contributed by atoms with Gasteiger partial charge in [0, 0.05) is 12.6 Å². The monoisotopic (exact) mass is 250 g/mol. The smallest absolute Gasteiger partial charge is 0.258 e. The van der Waals surface area contributed by atoms with E-state index in [4.69, 9.17) is 0 Å². The van der Waals surface area contributed by atoms with E-state index in [9.17, 15) is 15.0 Å². The van der Waals surface area contributed by atoms with Gasteiger partial charge in [-0.15, -0.1) is 0 Å². The van der Waals surface area contributed by atoms with Crippen LogP contribution in [0, 0.1) is 0 Å². The Bertz CT molecular complexity index is 410. The van der Waals surface area contributed by atoms with E-state index >= 15 is 0 Å². The van der Waals surface area contributed by atoms with Gasteiger partial charge < -0.3 is 20.8 Å². The largest absolute Gasteiger partial charge is 0.507 e. The van der Waals surface area contributed by atoms with E-state index < -0.39 is 5.91 Å². The number of rotatable bonds is 6. The molecule has 18 heavy (non-hydrogen) atoms. The van der Waals surface area contributed by atoms with Crippen LogP contribution < -0.4 is 10.6 Å². The molecule has 2 rings (SSSR count). The lowest BCUT2D eigenvalue weighted by atomic mass is 10.1. The van der Waals surface area contributed by atoms with Crippen LogP contribution in [0.4, 0.5) is 0 Å². The van der Waals surface area contributed by atoms with Crippen molar-refractivity contribution in [3.63, 3.8) is 0 Å². The fourth-order valence-corrected chi connectivity index (χ4v) is 1.73. The Morgan fingerprint density at radius 2 is 1.89 bits per heavy atom. The van der Waals surface area contributed by atoms with Crippen molar-refractivity contribution in [1.82, 2.24) is 10.6 Å². The van der Waals surface area contributed by atoms with Gasteiger partial charge in [-0.05, 0) is 37.9 Å². The maximum Gasteiger partial charge on any atom is 0.258 e. The lowest BCUT2D eigenvalue weighted by Crippen LogP contribution is -2.28. The Balaban J connectivity index is 1.76. The summed E-state index contributed by atoms with van der Waals surface area (Å²) in [5.74, 6) is -0.857. The van der Waals surface area contributed by atoms with Crippen LogP contribution in [0.3, 0.4) is 0 Å². The number of phenols is 2. The summed E-state index contributed by atoms with van der Waals surface area (Å²) in [6.07, 6.45) is 3.33. The van der Waals surface area contributed by atoms with E-state index in [1.54, 1.807) is 0 Å². The molecule has 0 heterocycles. The molecule has 1 saturated carbocycles. The summed E-state index contributed by atoms with van der Waals surface area (Å²) in [5.41, 5.74) is -0.0624. The fraction of sp³-hybridized carbons (Fsp3) is 0.462. The maximum absolute atomic E-state index is 11.7. The SMILES string of the molecule is O=C(NCCCNC1CC1)c1c(O)cccc1O. The number of carbonyl (C=O) groups is 1. The van der Waals surface area contributed by atoms with Crippen molar-refractivity contribution in [2.24, 2.45) is 0 Å². The molecule has 1 aromatic carbocycles. The average Bonchev–Trinajstić information content (AvgIpc) is 3.12. The first-order chi connectivity index (χ1) is 8.68. The summed E-state index contributed by atoms with van der Waals surface area (Å²) in [5, 5.41) is 25.0. The number of amides is 1. The first kappa shape index (κ1) is 12.7. The zero-order valence-electron chi connectivity index (χ0n) is 10.1. The molecule has 0 unspecified atom stereocenters. The number of nitrogens with one attached hydrogen (secondary N) is 2. The topological polar surface area (TPSA) is 81.6 Å². The second-order valence-electron chi connectivity index (χ2n) is 4.51. The molecule has 4 N–H and O–H groups in total. The molecular formula is C13H18N2O3. The summed E-state index contributed by atoms with van der Waals surface area (Å²) in [7, 11) is 0. The Kier molecular flexibility index (Phi) is 4.04. The van der Waals surface area contributed by atoms with Crippen LogP contribution in [0.1, 0.15) is 29.6 Å². The van der Waals surface area contributed by atoms with Crippen molar-refractivity contribution in [1.29, 1.82) is 0 Å². The van der Waals surface area contributed by atoms with E-state index in [0.717, 1.165) is 13.0 Å². The van der Waals surface area contributed by atoms with Crippen LogP contribution in [0.15, 0.2) is 18.2 Å². The van der Waals surface area contributed by atoms with E-state index in [-0.39, 0.29) is 17.1 Å². The molecule has 1 aromatic rings. The number of carbonyl (C=O) groups excluding carboxylic acids is 1. The van der Waals surface area contributed by atoms with Crippen LogP contribution in [-0.2, 0) is 0 Å². The molecule has 0 atom stereocenters. The van der Waals surface area contributed by atoms with Crippen LogP contribution in [0.2, 0.25) is 0 Å². The summed E-state index contributed by atoms with van der Waals surface area (Å²) in [6, 6.07) is 4.91. The normalized spacial score (nSPS) is 14.4.